The Morgan fingerprint density at radius 1 is 1.06 bits per heavy atom. The number of sulfonamides is 1. The minimum atomic E-state index is -3.72. The molecule has 0 radical (unpaired) electrons. The number of fused-ring (bicyclic) bond motifs is 1. The summed E-state index contributed by atoms with van der Waals surface area (Å²) in [4.78, 5) is 14.5. The zero-order valence-corrected chi connectivity index (χ0v) is 18.4. The van der Waals surface area contributed by atoms with Gasteiger partial charge in [-0.05, 0) is 37.3 Å². The van der Waals surface area contributed by atoms with Crippen LogP contribution in [0.25, 0.3) is 0 Å². The molecule has 2 aromatic rings. The third kappa shape index (κ3) is 4.49. The van der Waals surface area contributed by atoms with Gasteiger partial charge in [-0.25, -0.2) is 8.42 Å². The molecule has 0 saturated carbocycles. The summed E-state index contributed by atoms with van der Waals surface area (Å²) in [5.74, 6) is 1.14. The summed E-state index contributed by atoms with van der Waals surface area (Å²) in [5, 5.41) is 8.99. The van der Waals surface area contributed by atoms with E-state index in [4.69, 9.17) is 19.5 Å². The van der Waals surface area contributed by atoms with Crippen molar-refractivity contribution >= 4 is 15.9 Å². The molecule has 4 rings (SSSR count). The monoisotopic (exact) mass is 457 g/mol. The number of hydrogen-bond acceptors (Lipinski definition) is 7. The number of hydrogen-bond donors (Lipinski definition) is 0. The highest BCUT2D eigenvalue weighted by atomic mass is 32.2. The van der Waals surface area contributed by atoms with Crippen molar-refractivity contribution in [1.82, 2.24) is 9.21 Å². The van der Waals surface area contributed by atoms with Crippen LogP contribution >= 0.6 is 0 Å². The lowest BCUT2D eigenvalue weighted by Gasteiger charge is -2.35. The fourth-order valence-electron chi connectivity index (χ4n) is 3.63. The minimum Gasteiger partial charge on any atom is -0.486 e. The first-order valence-electron chi connectivity index (χ1n) is 10.2. The average Bonchev–Trinajstić information content (AvgIpc) is 2.83. The number of carbonyl (C=O) groups is 1. The second kappa shape index (κ2) is 9.06. The van der Waals surface area contributed by atoms with Crippen LogP contribution in [0.1, 0.15) is 12.5 Å². The zero-order valence-electron chi connectivity index (χ0n) is 17.6. The second-order valence-corrected chi connectivity index (χ2v) is 9.37. The maximum Gasteiger partial charge on any atom is 0.263 e. The third-order valence-corrected chi connectivity index (χ3v) is 7.22. The molecule has 0 N–H and O–H groups in total. The molecule has 2 aliphatic rings. The Bertz CT molecular complexity index is 1150. The van der Waals surface area contributed by atoms with Gasteiger partial charge in [0.15, 0.2) is 17.6 Å². The Labute approximate surface area is 186 Å². The molecule has 2 heterocycles. The van der Waals surface area contributed by atoms with Crippen molar-refractivity contribution in [3.05, 3.63) is 48.0 Å². The molecular formula is C22H23N3O6S. The standard InChI is InChI=1S/C22H23N3O6S/c1-16(31-18-4-2-3-17(13-18)15-23)22(26)24-7-9-25(10-8-24)32(27,28)19-5-6-20-21(14-19)30-12-11-29-20/h2-6,13-14,16H,7-12H2,1H3. The SMILES string of the molecule is CC(Oc1cccc(C#N)c1)C(=O)N1CCN(S(=O)(=O)c2ccc3c(c2)OCCO3)CC1. The van der Waals surface area contributed by atoms with Crippen LogP contribution in [0.15, 0.2) is 47.4 Å². The van der Waals surface area contributed by atoms with Crippen LogP contribution in [-0.4, -0.2) is 69.0 Å². The average molecular weight is 458 g/mol. The third-order valence-electron chi connectivity index (χ3n) is 5.33. The predicted molar refractivity (Wildman–Crippen MR) is 114 cm³/mol. The van der Waals surface area contributed by atoms with Gasteiger partial charge in [-0.3, -0.25) is 4.79 Å². The first-order chi connectivity index (χ1) is 15.4. The van der Waals surface area contributed by atoms with Crippen LogP contribution in [0.5, 0.6) is 17.2 Å². The highest BCUT2D eigenvalue weighted by Crippen LogP contribution is 2.33. The number of nitrogens with zero attached hydrogens (tertiary/aromatic N) is 3. The van der Waals surface area contributed by atoms with Crippen molar-refractivity contribution in [3.63, 3.8) is 0 Å². The van der Waals surface area contributed by atoms with Gasteiger partial charge in [0.05, 0.1) is 16.5 Å². The van der Waals surface area contributed by atoms with Gasteiger partial charge in [-0.2, -0.15) is 9.57 Å². The highest BCUT2D eigenvalue weighted by molar-refractivity contribution is 7.89. The number of nitriles is 1. The molecule has 1 amide bonds. The Morgan fingerprint density at radius 2 is 1.78 bits per heavy atom. The quantitative estimate of drug-likeness (QED) is 0.671. The van der Waals surface area contributed by atoms with Gasteiger partial charge in [0.1, 0.15) is 19.0 Å². The van der Waals surface area contributed by atoms with E-state index in [1.54, 1.807) is 42.2 Å². The van der Waals surface area contributed by atoms with Gasteiger partial charge in [-0.1, -0.05) is 6.07 Å². The van der Waals surface area contributed by atoms with E-state index in [1.807, 2.05) is 6.07 Å². The van der Waals surface area contributed by atoms with Crippen LogP contribution in [0, 0.1) is 11.3 Å². The summed E-state index contributed by atoms with van der Waals surface area (Å²) >= 11 is 0. The minimum absolute atomic E-state index is 0.135. The molecule has 0 spiro atoms. The lowest BCUT2D eigenvalue weighted by Crippen LogP contribution is -2.53. The predicted octanol–water partition coefficient (Wildman–Crippen LogP) is 1.63. The molecule has 2 aromatic carbocycles. The molecule has 10 heteroatoms. The van der Waals surface area contributed by atoms with Crippen LogP contribution in [0.3, 0.4) is 0 Å². The van der Waals surface area contributed by atoms with Gasteiger partial charge < -0.3 is 19.1 Å². The molecule has 0 bridgehead atoms. The first-order valence-corrected chi connectivity index (χ1v) is 11.7. The zero-order chi connectivity index (χ0) is 22.7. The number of amides is 1. The van der Waals surface area contributed by atoms with E-state index in [0.717, 1.165) is 0 Å². The molecule has 32 heavy (non-hydrogen) atoms. The summed E-state index contributed by atoms with van der Waals surface area (Å²) < 4.78 is 44.1. The van der Waals surface area contributed by atoms with E-state index in [2.05, 4.69) is 0 Å². The van der Waals surface area contributed by atoms with Crippen LogP contribution < -0.4 is 14.2 Å². The van der Waals surface area contributed by atoms with Gasteiger partial charge in [0, 0.05) is 32.2 Å². The smallest absolute Gasteiger partial charge is 0.263 e. The molecular weight excluding hydrogens is 434 g/mol. The fraction of sp³-hybridized carbons (Fsp3) is 0.364. The van der Waals surface area contributed by atoms with Gasteiger partial charge in [-0.15, -0.1) is 0 Å². The normalized spacial score (nSPS) is 17.3. The number of carbonyl (C=O) groups excluding carboxylic acids is 1. The maximum atomic E-state index is 13.1. The molecule has 1 saturated heterocycles. The van der Waals surface area contributed by atoms with Crippen LogP contribution in [0.2, 0.25) is 0 Å². The Kier molecular flexibility index (Phi) is 6.21. The summed E-state index contributed by atoms with van der Waals surface area (Å²) in [7, 11) is -3.72. The first kappa shape index (κ1) is 21.9. The molecule has 9 nitrogen and oxygen atoms in total. The topological polar surface area (TPSA) is 109 Å². The van der Waals surface area contributed by atoms with Crippen molar-refractivity contribution in [2.45, 2.75) is 17.9 Å². The molecule has 2 aliphatic heterocycles. The van der Waals surface area contributed by atoms with E-state index in [-0.39, 0.29) is 37.0 Å². The number of piperazine rings is 1. The van der Waals surface area contributed by atoms with Crippen LogP contribution in [-0.2, 0) is 14.8 Å². The summed E-state index contributed by atoms with van der Waals surface area (Å²) in [5.41, 5.74) is 0.445. The maximum absolute atomic E-state index is 13.1. The Hall–Kier alpha value is -3.29. The lowest BCUT2D eigenvalue weighted by molar-refractivity contribution is -0.139. The summed E-state index contributed by atoms with van der Waals surface area (Å²) in [6.45, 7) is 3.32. The van der Waals surface area contributed by atoms with E-state index >= 15 is 0 Å². The van der Waals surface area contributed by atoms with Crippen molar-refractivity contribution in [2.24, 2.45) is 0 Å². The molecule has 1 fully saturated rings. The van der Waals surface area contributed by atoms with E-state index in [1.165, 1.54) is 16.4 Å². The van der Waals surface area contributed by atoms with E-state index in [0.29, 0.717) is 36.0 Å². The van der Waals surface area contributed by atoms with E-state index in [9.17, 15) is 13.2 Å². The molecule has 1 unspecified atom stereocenters. The molecule has 0 aromatic heterocycles. The molecule has 1 atom stereocenters. The fourth-order valence-corrected chi connectivity index (χ4v) is 5.07. The van der Waals surface area contributed by atoms with Crippen LogP contribution in [0.4, 0.5) is 0 Å². The van der Waals surface area contributed by atoms with Crippen molar-refractivity contribution in [1.29, 1.82) is 5.26 Å². The van der Waals surface area contributed by atoms with E-state index < -0.39 is 16.1 Å². The Morgan fingerprint density at radius 3 is 2.50 bits per heavy atom. The largest absolute Gasteiger partial charge is 0.486 e. The van der Waals surface area contributed by atoms with Gasteiger partial charge >= 0.3 is 0 Å². The summed E-state index contributed by atoms with van der Waals surface area (Å²) in [6, 6.07) is 13.2. The number of rotatable bonds is 5. The van der Waals surface area contributed by atoms with Gasteiger partial charge in [0.25, 0.3) is 5.91 Å². The lowest BCUT2D eigenvalue weighted by atomic mass is 10.2. The highest BCUT2D eigenvalue weighted by Gasteiger charge is 2.32. The number of ether oxygens (including phenoxy) is 3. The van der Waals surface area contributed by atoms with Crippen molar-refractivity contribution in [3.8, 4) is 23.3 Å². The van der Waals surface area contributed by atoms with Gasteiger partial charge in [0.2, 0.25) is 10.0 Å². The molecule has 168 valence electrons. The second-order valence-electron chi connectivity index (χ2n) is 7.43. The van der Waals surface area contributed by atoms with Crippen molar-refractivity contribution < 1.29 is 27.4 Å². The number of benzene rings is 2. The van der Waals surface area contributed by atoms with Crippen molar-refractivity contribution in [2.75, 3.05) is 39.4 Å². The molecule has 0 aliphatic carbocycles. The Balaban J connectivity index is 1.37. The summed E-state index contributed by atoms with van der Waals surface area (Å²) in [6.07, 6.45) is -0.759.